The Hall–Kier alpha value is -2.52. The number of nitrogens with one attached hydrogen (secondary N) is 3. The van der Waals surface area contributed by atoms with Crippen molar-refractivity contribution in [1.29, 1.82) is 0 Å². The largest absolute Gasteiger partial charge is 0.480 e. The number of amides is 2. The fourth-order valence-corrected chi connectivity index (χ4v) is 3.22. The molecular weight excluding hydrogens is 392 g/mol. The maximum absolute atomic E-state index is 12.6. The number of hydrogen-bond donors (Lipinski definition) is 6. The maximum Gasteiger partial charge on any atom is 0.326 e. The van der Waals surface area contributed by atoms with Crippen LogP contribution in [0.3, 0.4) is 0 Å². The van der Waals surface area contributed by atoms with Crippen LogP contribution in [-0.4, -0.2) is 51.8 Å². The summed E-state index contributed by atoms with van der Waals surface area (Å²) in [6, 6.07) is 4.63. The van der Waals surface area contributed by atoms with Crippen LogP contribution in [-0.2, 0) is 20.8 Å². The molecule has 0 saturated heterocycles. The van der Waals surface area contributed by atoms with Crippen molar-refractivity contribution in [3.8, 4) is 0 Å². The molecule has 0 unspecified atom stereocenters. The van der Waals surface area contributed by atoms with Crippen molar-refractivity contribution in [3.05, 3.63) is 36.0 Å². The molecule has 8 nitrogen and oxygen atoms in total. The zero-order valence-electron chi connectivity index (χ0n) is 16.5. The first-order valence-electron chi connectivity index (χ1n) is 9.53. The molecule has 0 aliphatic heterocycles. The van der Waals surface area contributed by atoms with Crippen molar-refractivity contribution in [2.24, 2.45) is 11.7 Å². The maximum atomic E-state index is 12.6. The molecule has 0 aliphatic rings. The minimum Gasteiger partial charge on any atom is -0.480 e. The Morgan fingerprint density at radius 1 is 1.17 bits per heavy atom. The van der Waals surface area contributed by atoms with Crippen molar-refractivity contribution >= 4 is 41.3 Å². The van der Waals surface area contributed by atoms with Crippen LogP contribution in [0.5, 0.6) is 0 Å². The van der Waals surface area contributed by atoms with E-state index in [-0.39, 0.29) is 18.1 Å². The number of carbonyl (C=O) groups is 3. The number of thiol groups is 1. The van der Waals surface area contributed by atoms with Gasteiger partial charge in [0, 0.05) is 29.3 Å². The van der Waals surface area contributed by atoms with Crippen LogP contribution < -0.4 is 16.4 Å². The van der Waals surface area contributed by atoms with E-state index < -0.39 is 35.9 Å². The van der Waals surface area contributed by atoms with Gasteiger partial charge < -0.3 is 26.5 Å². The fraction of sp³-hybridized carbons (Fsp3) is 0.450. The molecule has 0 fully saturated rings. The summed E-state index contributed by atoms with van der Waals surface area (Å²) in [5.41, 5.74) is 7.56. The summed E-state index contributed by atoms with van der Waals surface area (Å²) in [6.07, 6.45) is 2.55. The lowest BCUT2D eigenvalue weighted by molar-refractivity contribution is -0.142. The molecule has 0 spiro atoms. The molecular formula is C20H28N4O4S. The molecule has 29 heavy (non-hydrogen) atoms. The second kappa shape index (κ2) is 10.3. The van der Waals surface area contributed by atoms with E-state index >= 15 is 0 Å². The van der Waals surface area contributed by atoms with Crippen LogP contribution in [0.1, 0.15) is 25.8 Å². The third-order valence-electron chi connectivity index (χ3n) is 5.09. The molecule has 0 saturated carbocycles. The number of rotatable bonds is 10. The molecule has 1 heterocycles. The SMILES string of the molecule is CC[C@H](C)[C@H](N)C(=O)N[C@@H](CS)C(=O)N[C@@H](Cc1c[nH]c2ccccc12)C(=O)O. The molecule has 4 atom stereocenters. The number of aromatic amines is 1. The average molecular weight is 421 g/mol. The second-order valence-electron chi connectivity index (χ2n) is 7.12. The summed E-state index contributed by atoms with van der Waals surface area (Å²) < 4.78 is 0. The third-order valence-corrected chi connectivity index (χ3v) is 5.45. The molecule has 158 valence electrons. The third kappa shape index (κ3) is 5.74. The topological polar surface area (TPSA) is 137 Å². The summed E-state index contributed by atoms with van der Waals surface area (Å²) in [6.45, 7) is 3.77. The first-order valence-corrected chi connectivity index (χ1v) is 10.2. The molecule has 0 bridgehead atoms. The smallest absolute Gasteiger partial charge is 0.326 e. The Morgan fingerprint density at radius 3 is 2.45 bits per heavy atom. The van der Waals surface area contributed by atoms with E-state index in [1.165, 1.54) is 0 Å². The zero-order chi connectivity index (χ0) is 21.6. The lowest BCUT2D eigenvalue weighted by Crippen LogP contribution is -2.56. The van der Waals surface area contributed by atoms with Gasteiger partial charge in [-0.3, -0.25) is 9.59 Å². The number of aromatic nitrogens is 1. The molecule has 0 aliphatic carbocycles. The van der Waals surface area contributed by atoms with Gasteiger partial charge in [-0.05, 0) is 17.5 Å². The van der Waals surface area contributed by atoms with Gasteiger partial charge in [0.15, 0.2) is 0 Å². The number of hydrogen-bond acceptors (Lipinski definition) is 5. The molecule has 0 radical (unpaired) electrons. The van der Waals surface area contributed by atoms with Gasteiger partial charge in [-0.2, -0.15) is 12.6 Å². The van der Waals surface area contributed by atoms with E-state index in [2.05, 4.69) is 28.2 Å². The molecule has 6 N–H and O–H groups in total. The highest BCUT2D eigenvalue weighted by molar-refractivity contribution is 7.80. The van der Waals surface area contributed by atoms with Gasteiger partial charge in [0.25, 0.3) is 0 Å². The van der Waals surface area contributed by atoms with Crippen molar-refractivity contribution in [2.45, 2.75) is 44.8 Å². The summed E-state index contributed by atoms with van der Waals surface area (Å²) in [4.78, 5) is 39.7. The number of H-pyrrole nitrogens is 1. The van der Waals surface area contributed by atoms with Crippen LogP contribution in [0.25, 0.3) is 10.9 Å². The van der Waals surface area contributed by atoms with Gasteiger partial charge in [0.2, 0.25) is 11.8 Å². The van der Waals surface area contributed by atoms with E-state index in [1.54, 1.807) is 6.20 Å². The predicted molar refractivity (Wildman–Crippen MR) is 115 cm³/mol. The Morgan fingerprint density at radius 2 is 1.83 bits per heavy atom. The van der Waals surface area contributed by atoms with Crippen LogP contribution in [0.4, 0.5) is 0 Å². The number of nitrogens with two attached hydrogens (primary N) is 1. The fourth-order valence-electron chi connectivity index (χ4n) is 2.97. The molecule has 1 aromatic heterocycles. The Labute approximate surface area is 175 Å². The molecule has 2 rings (SSSR count). The van der Waals surface area contributed by atoms with Crippen molar-refractivity contribution in [1.82, 2.24) is 15.6 Å². The van der Waals surface area contributed by atoms with Gasteiger partial charge in [0.1, 0.15) is 12.1 Å². The molecule has 2 aromatic rings. The number of aliphatic carboxylic acids is 1. The summed E-state index contributed by atoms with van der Waals surface area (Å²) >= 11 is 4.12. The first-order chi connectivity index (χ1) is 13.8. The van der Waals surface area contributed by atoms with Crippen LogP contribution in [0.2, 0.25) is 0 Å². The Bertz CT molecular complexity index is 869. The van der Waals surface area contributed by atoms with Gasteiger partial charge in [-0.25, -0.2) is 4.79 Å². The van der Waals surface area contributed by atoms with Gasteiger partial charge in [0.05, 0.1) is 6.04 Å². The number of para-hydroxylation sites is 1. The number of benzene rings is 1. The number of carboxylic acid groups (broad SMARTS) is 1. The van der Waals surface area contributed by atoms with E-state index in [1.807, 2.05) is 38.1 Å². The van der Waals surface area contributed by atoms with Gasteiger partial charge in [-0.1, -0.05) is 38.5 Å². The standard InChI is InChI=1S/C20H28N4O4S/c1-3-11(2)17(21)19(26)24-16(10-29)18(25)23-15(20(27)28)8-12-9-22-14-7-5-4-6-13(12)14/h4-7,9,11,15-17,22,29H,3,8,10,21H2,1-2H3,(H,23,25)(H,24,26)(H,27,28)/t11-,15-,16-,17-/m0/s1. The molecule has 1 aromatic carbocycles. The van der Waals surface area contributed by atoms with Crippen molar-refractivity contribution in [2.75, 3.05) is 5.75 Å². The lowest BCUT2D eigenvalue weighted by atomic mass is 9.99. The number of carboxylic acids is 1. The highest BCUT2D eigenvalue weighted by Gasteiger charge is 2.29. The van der Waals surface area contributed by atoms with Crippen molar-refractivity contribution < 1.29 is 19.5 Å². The summed E-state index contributed by atoms with van der Waals surface area (Å²) in [5, 5.41) is 15.5. The normalized spacial score (nSPS) is 15.3. The van der Waals surface area contributed by atoms with Gasteiger partial charge in [-0.15, -0.1) is 0 Å². The first kappa shape index (κ1) is 22.8. The molecule has 9 heteroatoms. The average Bonchev–Trinajstić information content (AvgIpc) is 3.12. The number of fused-ring (bicyclic) bond motifs is 1. The quantitative estimate of drug-likeness (QED) is 0.319. The number of carbonyl (C=O) groups excluding carboxylic acids is 2. The van der Waals surface area contributed by atoms with E-state index in [4.69, 9.17) is 5.73 Å². The monoisotopic (exact) mass is 420 g/mol. The summed E-state index contributed by atoms with van der Waals surface area (Å²) in [7, 11) is 0. The van der Waals surface area contributed by atoms with E-state index in [0.717, 1.165) is 22.9 Å². The lowest BCUT2D eigenvalue weighted by Gasteiger charge is -2.23. The van der Waals surface area contributed by atoms with Crippen LogP contribution in [0, 0.1) is 5.92 Å². The predicted octanol–water partition coefficient (Wildman–Crippen LogP) is 1.07. The highest BCUT2D eigenvalue weighted by Crippen LogP contribution is 2.19. The zero-order valence-corrected chi connectivity index (χ0v) is 17.4. The van der Waals surface area contributed by atoms with Crippen LogP contribution >= 0.6 is 12.6 Å². The second-order valence-corrected chi connectivity index (χ2v) is 7.48. The van der Waals surface area contributed by atoms with E-state index in [0.29, 0.717) is 0 Å². The van der Waals surface area contributed by atoms with Crippen molar-refractivity contribution in [3.63, 3.8) is 0 Å². The molecule has 2 amide bonds. The van der Waals surface area contributed by atoms with E-state index in [9.17, 15) is 19.5 Å². The minimum absolute atomic E-state index is 0.0181. The van der Waals surface area contributed by atoms with Crippen LogP contribution in [0.15, 0.2) is 30.5 Å². The minimum atomic E-state index is -1.16. The Balaban J connectivity index is 2.07. The van der Waals surface area contributed by atoms with Gasteiger partial charge >= 0.3 is 5.97 Å². The Kier molecular flexibility index (Phi) is 8.10. The summed E-state index contributed by atoms with van der Waals surface area (Å²) in [5.74, 6) is -2.27. The highest BCUT2D eigenvalue weighted by atomic mass is 32.1.